The maximum Gasteiger partial charge on any atom is 0.312 e. The number of carboxylic acid groups (broad SMARTS) is 1. The van der Waals surface area contributed by atoms with Crippen LogP contribution < -0.4 is 0 Å². The number of methoxy groups -OCH3 is 2. The van der Waals surface area contributed by atoms with Gasteiger partial charge < -0.3 is 19.3 Å². The van der Waals surface area contributed by atoms with Gasteiger partial charge in [0.1, 0.15) is 11.2 Å². The molecule has 1 N–H and O–H groups in total. The highest BCUT2D eigenvalue weighted by molar-refractivity contribution is 9.09. The van der Waals surface area contributed by atoms with Gasteiger partial charge >= 0.3 is 5.97 Å². The summed E-state index contributed by atoms with van der Waals surface area (Å²) in [5.74, 6) is -1.73. The number of hydrogen-bond acceptors (Lipinski definition) is 6. The normalized spacial score (nSPS) is 23.5. The smallest absolute Gasteiger partial charge is 0.312 e. The number of nitro groups is 1. The van der Waals surface area contributed by atoms with E-state index in [0.29, 0.717) is 12.4 Å². The third-order valence-electron chi connectivity index (χ3n) is 3.76. The molecule has 0 amide bonds. The van der Waals surface area contributed by atoms with E-state index in [9.17, 15) is 20.0 Å². The van der Waals surface area contributed by atoms with Crippen LogP contribution in [-0.4, -0.2) is 54.9 Å². The van der Waals surface area contributed by atoms with Gasteiger partial charge in [0.25, 0.3) is 5.70 Å². The summed E-state index contributed by atoms with van der Waals surface area (Å²) in [7, 11) is 2.92. The van der Waals surface area contributed by atoms with Gasteiger partial charge in [-0.1, -0.05) is 15.9 Å². The average molecular weight is 394 g/mol. The molecule has 1 rings (SSSR count). The van der Waals surface area contributed by atoms with Crippen molar-refractivity contribution in [1.82, 2.24) is 0 Å². The lowest BCUT2D eigenvalue weighted by Crippen LogP contribution is -2.47. The molecule has 0 saturated carbocycles. The lowest BCUT2D eigenvalue weighted by molar-refractivity contribution is -0.437. The molecule has 1 aliphatic carbocycles. The highest BCUT2D eigenvalue weighted by atomic mass is 79.9. The first-order valence-electron chi connectivity index (χ1n) is 6.83. The molecule has 9 heteroatoms. The molecular weight excluding hydrogens is 374 g/mol. The summed E-state index contributed by atoms with van der Waals surface area (Å²) in [6.45, 7) is 1.74. The Morgan fingerprint density at radius 2 is 2.09 bits per heavy atom. The number of carbonyl (C=O) groups is 1. The minimum atomic E-state index is -1.52. The van der Waals surface area contributed by atoms with Crippen molar-refractivity contribution in [2.24, 2.45) is 11.3 Å². The molecule has 0 radical (unpaired) electrons. The molecular formula is C14H20BrNO7. The van der Waals surface area contributed by atoms with Crippen LogP contribution in [0.25, 0.3) is 0 Å². The molecule has 0 bridgehead atoms. The summed E-state index contributed by atoms with van der Waals surface area (Å²) in [4.78, 5) is 22.0. The fourth-order valence-electron chi connectivity index (χ4n) is 2.39. The predicted octanol–water partition coefficient (Wildman–Crippen LogP) is 1.82. The summed E-state index contributed by atoms with van der Waals surface area (Å²) in [5.41, 5.74) is -1.72. The Morgan fingerprint density at radius 3 is 2.57 bits per heavy atom. The van der Waals surface area contributed by atoms with E-state index >= 15 is 0 Å². The van der Waals surface area contributed by atoms with E-state index in [-0.39, 0.29) is 18.9 Å². The summed E-state index contributed by atoms with van der Waals surface area (Å²) >= 11 is 3.33. The highest BCUT2D eigenvalue weighted by Gasteiger charge is 2.53. The topological polar surface area (TPSA) is 108 Å². The number of nitrogens with zero attached hydrogens (tertiary/aromatic N) is 1. The van der Waals surface area contributed by atoms with Crippen molar-refractivity contribution in [3.05, 3.63) is 33.7 Å². The molecule has 1 aliphatic rings. The molecule has 0 aliphatic heterocycles. The van der Waals surface area contributed by atoms with Gasteiger partial charge in [-0.3, -0.25) is 14.9 Å². The third kappa shape index (κ3) is 4.30. The van der Waals surface area contributed by atoms with E-state index < -0.39 is 27.1 Å². The highest BCUT2D eigenvalue weighted by Crippen LogP contribution is 2.44. The number of allylic oxidation sites excluding steroid dienone is 4. The van der Waals surface area contributed by atoms with Gasteiger partial charge in [-0.2, -0.15) is 0 Å². The van der Waals surface area contributed by atoms with Crippen molar-refractivity contribution in [3.63, 3.8) is 0 Å². The maximum absolute atomic E-state index is 11.9. The Hall–Kier alpha value is -1.45. The standard InChI is InChI=1S/C14H20BrNO7/c1-14(13(17)18,8-23-7-6-21-2)11-9(16(19)20)4-5-10(22-3)12(11)15/h4-5,11-12H,6-8H2,1-3H3,(H,17,18). The van der Waals surface area contributed by atoms with Crippen molar-refractivity contribution in [1.29, 1.82) is 0 Å². The number of rotatable bonds is 9. The first kappa shape index (κ1) is 19.6. The molecule has 0 fully saturated rings. The zero-order chi connectivity index (χ0) is 17.6. The molecule has 0 saturated heterocycles. The summed E-state index contributed by atoms with van der Waals surface area (Å²) in [5, 5.41) is 21.0. The van der Waals surface area contributed by atoms with Gasteiger partial charge in [0, 0.05) is 13.2 Å². The quantitative estimate of drug-likeness (QED) is 0.275. The van der Waals surface area contributed by atoms with E-state index in [0.717, 1.165) is 0 Å². The molecule has 0 aromatic rings. The largest absolute Gasteiger partial charge is 0.500 e. The lowest BCUT2D eigenvalue weighted by atomic mass is 9.72. The van der Waals surface area contributed by atoms with Gasteiger partial charge in [0.15, 0.2) is 0 Å². The maximum atomic E-state index is 11.9. The minimum absolute atomic E-state index is 0.194. The Morgan fingerprint density at radius 1 is 1.43 bits per heavy atom. The number of ether oxygens (including phenoxy) is 3. The first-order chi connectivity index (χ1) is 10.8. The zero-order valence-electron chi connectivity index (χ0n) is 13.2. The average Bonchev–Trinajstić information content (AvgIpc) is 2.50. The number of alkyl halides is 1. The Labute approximate surface area is 142 Å². The van der Waals surface area contributed by atoms with Gasteiger partial charge in [-0.05, 0) is 13.0 Å². The van der Waals surface area contributed by atoms with Crippen LogP contribution in [0.15, 0.2) is 23.6 Å². The van der Waals surface area contributed by atoms with Crippen LogP contribution in [0.5, 0.6) is 0 Å². The van der Waals surface area contributed by atoms with Crippen molar-refractivity contribution in [2.75, 3.05) is 34.0 Å². The molecule has 0 aromatic heterocycles. The molecule has 130 valence electrons. The van der Waals surface area contributed by atoms with E-state index in [1.807, 2.05) is 0 Å². The Balaban J connectivity index is 3.16. The number of halogens is 1. The second-order valence-electron chi connectivity index (χ2n) is 5.27. The molecule has 0 heterocycles. The van der Waals surface area contributed by atoms with Crippen molar-refractivity contribution in [3.8, 4) is 0 Å². The van der Waals surface area contributed by atoms with Crippen molar-refractivity contribution < 1.29 is 29.0 Å². The molecule has 8 nitrogen and oxygen atoms in total. The van der Waals surface area contributed by atoms with E-state index in [4.69, 9.17) is 14.2 Å². The fourth-order valence-corrected chi connectivity index (χ4v) is 3.59. The van der Waals surface area contributed by atoms with E-state index in [1.54, 1.807) is 0 Å². The fraction of sp³-hybridized carbons (Fsp3) is 0.643. The Bertz CT molecular complexity index is 519. The number of aliphatic carboxylic acids is 1. The van der Waals surface area contributed by atoms with Gasteiger partial charge in [-0.25, -0.2) is 0 Å². The van der Waals surface area contributed by atoms with E-state index in [2.05, 4.69) is 15.9 Å². The van der Waals surface area contributed by atoms with Crippen LogP contribution in [0.2, 0.25) is 0 Å². The summed E-state index contributed by atoms with van der Waals surface area (Å²) in [6.07, 6.45) is 2.74. The van der Waals surface area contributed by atoms with Crippen LogP contribution in [0.1, 0.15) is 6.92 Å². The molecule has 3 unspecified atom stereocenters. The van der Waals surface area contributed by atoms with Crippen molar-refractivity contribution >= 4 is 21.9 Å². The SMILES string of the molecule is COCCOCC(C)(C(=O)O)C1C([N+](=O)[O-])=CC=C(OC)C1Br. The van der Waals surface area contributed by atoms with Gasteiger partial charge in [0.05, 0.1) is 42.6 Å². The van der Waals surface area contributed by atoms with Crippen LogP contribution in [0.4, 0.5) is 0 Å². The predicted molar refractivity (Wildman–Crippen MR) is 84.8 cm³/mol. The van der Waals surface area contributed by atoms with Crippen molar-refractivity contribution in [2.45, 2.75) is 11.8 Å². The second-order valence-corrected chi connectivity index (χ2v) is 6.26. The third-order valence-corrected chi connectivity index (χ3v) is 4.74. The zero-order valence-corrected chi connectivity index (χ0v) is 14.7. The monoisotopic (exact) mass is 393 g/mol. The number of hydrogen-bond donors (Lipinski definition) is 1. The van der Waals surface area contributed by atoms with Crippen LogP contribution >= 0.6 is 15.9 Å². The first-order valence-corrected chi connectivity index (χ1v) is 7.75. The van der Waals surface area contributed by atoms with Gasteiger partial charge in [0.2, 0.25) is 0 Å². The second kappa shape index (κ2) is 8.42. The lowest BCUT2D eigenvalue weighted by Gasteiger charge is -2.36. The molecule has 23 heavy (non-hydrogen) atoms. The van der Waals surface area contributed by atoms with Crippen LogP contribution in [0.3, 0.4) is 0 Å². The molecule has 0 spiro atoms. The Kier molecular flexibility index (Phi) is 7.17. The minimum Gasteiger partial charge on any atom is -0.500 e. The summed E-state index contributed by atoms with van der Waals surface area (Å²) in [6, 6.07) is 0. The van der Waals surface area contributed by atoms with Crippen LogP contribution in [0, 0.1) is 21.4 Å². The summed E-state index contributed by atoms with van der Waals surface area (Å²) < 4.78 is 15.4. The number of carboxylic acids is 1. The van der Waals surface area contributed by atoms with Crippen LogP contribution in [-0.2, 0) is 19.0 Å². The molecule has 3 atom stereocenters. The van der Waals surface area contributed by atoms with E-state index in [1.165, 1.54) is 33.3 Å². The van der Waals surface area contributed by atoms with Gasteiger partial charge in [-0.15, -0.1) is 0 Å². The molecule has 0 aromatic carbocycles.